The fraction of sp³-hybridized carbons (Fsp3) is 0.500. The van der Waals surface area contributed by atoms with Crippen LogP contribution in [-0.4, -0.2) is 23.3 Å². The van der Waals surface area contributed by atoms with E-state index in [2.05, 4.69) is 0 Å². The summed E-state index contributed by atoms with van der Waals surface area (Å²) in [6.45, 7) is 6.19. The Morgan fingerprint density at radius 1 is 1.29 bits per heavy atom. The molecule has 0 spiro atoms. The second-order valence-corrected chi connectivity index (χ2v) is 4.48. The zero-order valence-electron chi connectivity index (χ0n) is 10.4. The molecule has 0 aromatic heterocycles. The van der Waals surface area contributed by atoms with Crippen LogP contribution in [0.5, 0.6) is 0 Å². The van der Waals surface area contributed by atoms with Gasteiger partial charge in [0.2, 0.25) is 0 Å². The average Bonchev–Trinajstić information content (AvgIpc) is 2.26. The normalized spacial score (nSPS) is 12.9. The van der Waals surface area contributed by atoms with E-state index in [1.807, 2.05) is 20.8 Å². The maximum absolute atomic E-state index is 13.6. The molecule has 1 rings (SSSR count). The van der Waals surface area contributed by atoms with E-state index in [0.29, 0.717) is 11.5 Å². The molecule has 0 bridgehead atoms. The fourth-order valence-corrected chi connectivity index (χ4v) is 1.25. The summed E-state index contributed by atoms with van der Waals surface area (Å²) in [6, 6.07) is 4.10. The van der Waals surface area contributed by atoms with Gasteiger partial charge in [0.1, 0.15) is 5.82 Å². The molecule has 0 radical (unpaired) electrons. The van der Waals surface area contributed by atoms with Crippen LogP contribution in [0.25, 0.3) is 0 Å². The van der Waals surface area contributed by atoms with Gasteiger partial charge in [-0.25, -0.2) is 4.39 Å². The minimum absolute atomic E-state index is 0.0532. The first kappa shape index (κ1) is 14.2. The Morgan fingerprint density at radius 2 is 1.94 bits per heavy atom. The predicted molar refractivity (Wildman–Crippen MR) is 65.3 cm³/mol. The van der Waals surface area contributed by atoms with Crippen LogP contribution in [0.15, 0.2) is 18.2 Å². The molecule has 1 aromatic rings. The number of rotatable bonds is 5. The van der Waals surface area contributed by atoms with Crippen molar-refractivity contribution in [3.05, 3.63) is 29.6 Å². The lowest BCUT2D eigenvalue weighted by Gasteiger charge is -2.17. The van der Waals surface area contributed by atoms with Gasteiger partial charge < -0.3 is 14.8 Å². The van der Waals surface area contributed by atoms with Crippen LogP contribution in [0.2, 0.25) is 0 Å². The highest BCUT2D eigenvalue weighted by atomic mass is 19.1. The zero-order valence-corrected chi connectivity index (χ0v) is 10.4. The van der Waals surface area contributed by atoms with Gasteiger partial charge in [0, 0.05) is 5.56 Å². The third kappa shape index (κ3) is 4.11. The summed E-state index contributed by atoms with van der Waals surface area (Å²) in [5, 5.41) is 17.8. The molecule has 0 aliphatic heterocycles. The summed E-state index contributed by atoms with van der Waals surface area (Å²) < 4.78 is 19.1. The second-order valence-electron chi connectivity index (χ2n) is 4.48. The molecule has 94 valence electrons. The summed E-state index contributed by atoms with van der Waals surface area (Å²) in [4.78, 5) is 0. The van der Waals surface area contributed by atoms with Crippen molar-refractivity contribution in [2.45, 2.75) is 33.5 Å². The molecule has 1 atom stereocenters. The number of halogens is 1. The lowest BCUT2D eigenvalue weighted by atomic mass is 9.80. The molecule has 0 fully saturated rings. The number of hydrogen-bond acceptors (Lipinski definition) is 3. The van der Waals surface area contributed by atoms with Gasteiger partial charge in [-0.3, -0.25) is 0 Å². The third-order valence-electron chi connectivity index (χ3n) is 2.82. The highest BCUT2D eigenvalue weighted by molar-refractivity contribution is 6.58. The van der Waals surface area contributed by atoms with Gasteiger partial charge in [-0.05, 0) is 24.4 Å². The highest BCUT2D eigenvalue weighted by Gasteiger charge is 2.14. The van der Waals surface area contributed by atoms with Crippen molar-refractivity contribution in [3.63, 3.8) is 0 Å². The molecular weight excluding hydrogens is 222 g/mol. The topological polar surface area (TPSA) is 49.7 Å². The Labute approximate surface area is 101 Å². The van der Waals surface area contributed by atoms with Crippen molar-refractivity contribution in [2.24, 2.45) is 5.92 Å². The molecule has 0 amide bonds. The summed E-state index contributed by atoms with van der Waals surface area (Å²) in [5.41, 5.74) is 0.560. The van der Waals surface area contributed by atoms with E-state index in [1.165, 1.54) is 12.1 Å². The lowest BCUT2D eigenvalue weighted by molar-refractivity contribution is 0.0221. The minimum Gasteiger partial charge on any atom is -0.423 e. The van der Waals surface area contributed by atoms with Gasteiger partial charge in [0.25, 0.3) is 0 Å². The Morgan fingerprint density at radius 3 is 2.41 bits per heavy atom. The molecular formula is C12H18BFO3. The Balaban J connectivity index is 2.67. The summed E-state index contributed by atoms with van der Waals surface area (Å²) in [5.74, 6) is -0.108. The van der Waals surface area contributed by atoms with E-state index in [0.717, 1.165) is 6.07 Å². The highest BCUT2D eigenvalue weighted by Crippen LogP contribution is 2.12. The number of hydrogen-bond donors (Lipinski definition) is 2. The Kier molecular flexibility index (Phi) is 5.12. The summed E-state index contributed by atoms with van der Waals surface area (Å²) >= 11 is 0. The molecule has 1 aromatic carbocycles. The Hall–Kier alpha value is -0.905. The molecule has 0 aliphatic carbocycles. The monoisotopic (exact) mass is 240 g/mol. The summed E-state index contributed by atoms with van der Waals surface area (Å²) in [6.07, 6.45) is 0.0532. The third-order valence-corrected chi connectivity index (χ3v) is 2.82. The first-order valence-electron chi connectivity index (χ1n) is 5.68. The molecule has 0 aliphatic rings. The van der Waals surface area contributed by atoms with Crippen molar-refractivity contribution in [2.75, 3.05) is 0 Å². The standard InChI is InChI=1S/C12H18BFO3/c1-8(2)9(3)17-7-10-4-5-11(13(15)16)6-12(10)14/h4-6,8-9,15-16H,7H2,1-3H3. The van der Waals surface area contributed by atoms with Crippen molar-refractivity contribution in [1.29, 1.82) is 0 Å². The molecule has 0 heterocycles. The van der Waals surface area contributed by atoms with Crippen molar-refractivity contribution >= 4 is 12.6 Å². The maximum atomic E-state index is 13.6. The van der Waals surface area contributed by atoms with Gasteiger partial charge in [-0.2, -0.15) is 0 Å². The SMILES string of the molecule is CC(C)C(C)OCc1ccc(B(O)O)cc1F. The van der Waals surface area contributed by atoms with E-state index < -0.39 is 12.9 Å². The first-order chi connectivity index (χ1) is 7.91. The van der Waals surface area contributed by atoms with E-state index >= 15 is 0 Å². The van der Waals surface area contributed by atoms with Crippen molar-refractivity contribution in [3.8, 4) is 0 Å². The largest absolute Gasteiger partial charge is 0.488 e. The van der Waals surface area contributed by atoms with Crippen LogP contribution in [0.3, 0.4) is 0 Å². The summed E-state index contributed by atoms with van der Waals surface area (Å²) in [7, 11) is -1.64. The van der Waals surface area contributed by atoms with Crippen LogP contribution in [-0.2, 0) is 11.3 Å². The van der Waals surface area contributed by atoms with Crippen LogP contribution in [0, 0.1) is 11.7 Å². The fourth-order valence-electron chi connectivity index (χ4n) is 1.25. The zero-order chi connectivity index (χ0) is 13.0. The van der Waals surface area contributed by atoms with Crippen molar-refractivity contribution < 1.29 is 19.2 Å². The Bertz CT molecular complexity index is 369. The van der Waals surface area contributed by atoms with Gasteiger partial charge >= 0.3 is 7.12 Å². The van der Waals surface area contributed by atoms with E-state index in [1.54, 1.807) is 0 Å². The molecule has 2 N–H and O–H groups in total. The van der Waals surface area contributed by atoms with Gasteiger partial charge in [0.15, 0.2) is 0 Å². The predicted octanol–water partition coefficient (Wildman–Crippen LogP) is 1.07. The van der Waals surface area contributed by atoms with Crippen molar-refractivity contribution in [1.82, 2.24) is 0 Å². The van der Waals surface area contributed by atoms with E-state index in [4.69, 9.17) is 14.8 Å². The van der Waals surface area contributed by atoms with Gasteiger partial charge in [-0.15, -0.1) is 0 Å². The van der Waals surface area contributed by atoms with Crippen LogP contribution >= 0.6 is 0 Å². The van der Waals surface area contributed by atoms with Gasteiger partial charge in [0.05, 0.1) is 12.7 Å². The van der Waals surface area contributed by atoms with E-state index in [9.17, 15) is 4.39 Å². The molecule has 0 saturated heterocycles. The average molecular weight is 240 g/mol. The minimum atomic E-state index is -1.64. The molecule has 5 heteroatoms. The lowest BCUT2D eigenvalue weighted by Crippen LogP contribution is -2.30. The van der Waals surface area contributed by atoms with Crippen LogP contribution < -0.4 is 5.46 Å². The number of ether oxygens (including phenoxy) is 1. The number of benzene rings is 1. The van der Waals surface area contributed by atoms with Crippen LogP contribution in [0.4, 0.5) is 4.39 Å². The molecule has 17 heavy (non-hydrogen) atoms. The van der Waals surface area contributed by atoms with Gasteiger partial charge in [-0.1, -0.05) is 26.0 Å². The van der Waals surface area contributed by atoms with E-state index in [-0.39, 0.29) is 18.2 Å². The smallest absolute Gasteiger partial charge is 0.423 e. The maximum Gasteiger partial charge on any atom is 0.488 e. The molecule has 0 saturated carbocycles. The quantitative estimate of drug-likeness (QED) is 0.757. The molecule has 1 unspecified atom stereocenters. The van der Waals surface area contributed by atoms with Crippen LogP contribution in [0.1, 0.15) is 26.3 Å². The molecule has 3 nitrogen and oxygen atoms in total. The second kappa shape index (κ2) is 6.14. The first-order valence-corrected chi connectivity index (χ1v) is 5.68.